The molecule has 1 heterocycles. The van der Waals surface area contributed by atoms with E-state index in [4.69, 9.17) is 0 Å². The van der Waals surface area contributed by atoms with Crippen LogP contribution in [-0.4, -0.2) is 23.2 Å². The molecule has 0 aliphatic heterocycles. The molecule has 0 unspecified atom stereocenters. The molecule has 0 fully saturated rings. The van der Waals surface area contributed by atoms with Crippen LogP contribution in [0.5, 0.6) is 0 Å². The molecule has 0 saturated carbocycles. The van der Waals surface area contributed by atoms with Crippen molar-refractivity contribution < 1.29 is 13.2 Å². The van der Waals surface area contributed by atoms with Gasteiger partial charge in [-0.3, -0.25) is 4.79 Å². The van der Waals surface area contributed by atoms with Crippen molar-refractivity contribution >= 4 is 15.9 Å². The van der Waals surface area contributed by atoms with E-state index in [-0.39, 0.29) is 11.6 Å². The quantitative estimate of drug-likeness (QED) is 0.855. The number of nitrogens with zero attached hydrogens (tertiary/aromatic N) is 2. The molecule has 1 amide bonds. The van der Waals surface area contributed by atoms with Gasteiger partial charge in [0.05, 0.1) is 4.90 Å². The molecule has 0 N–H and O–H groups in total. The van der Waals surface area contributed by atoms with Crippen LogP contribution in [0.4, 0.5) is 0 Å². The zero-order valence-corrected chi connectivity index (χ0v) is 11.2. The van der Waals surface area contributed by atoms with Gasteiger partial charge in [0.1, 0.15) is 6.67 Å². The third-order valence-corrected chi connectivity index (χ3v) is 4.46. The van der Waals surface area contributed by atoms with Gasteiger partial charge >= 0.3 is 0 Å². The summed E-state index contributed by atoms with van der Waals surface area (Å²) in [6.45, 7) is 1.21. The van der Waals surface area contributed by atoms with Crippen molar-refractivity contribution in [3.05, 3.63) is 54.9 Å². The Hall–Kier alpha value is -2.08. The number of carbonyl (C=O) groups excluding carboxylic acids is 1. The molecular weight excluding hydrogens is 264 g/mol. The highest BCUT2D eigenvalue weighted by Crippen LogP contribution is 2.16. The monoisotopic (exact) mass is 278 g/mol. The minimum absolute atomic E-state index is 0.0282. The van der Waals surface area contributed by atoms with Crippen LogP contribution in [0.25, 0.3) is 0 Å². The van der Waals surface area contributed by atoms with Crippen molar-refractivity contribution in [1.82, 2.24) is 8.87 Å². The van der Waals surface area contributed by atoms with Crippen LogP contribution in [0.1, 0.15) is 6.92 Å². The van der Waals surface area contributed by atoms with Crippen molar-refractivity contribution in [1.29, 1.82) is 0 Å². The summed E-state index contributed by atoms with van der Waals surface area (Å²) in [6.07, 6.45) is 3.41. The molecule has 0 bridgehead atoms. The molecule has 0 aliphatic carbocycles. The Labute approximate surface area is 112 Å². The normalized spacial score (nSPS) is 11.2. The Morgan fingerprint density at radius 2 is 1.68 bits per heavy atom. The van der Waals surface area contributed by atoms with Crippen molar-refractivity contribution in [2.75, 3.05) is 0 Å². The molecule has 6 heteroatoms. The lowest BCUT2D eigenvalue weighted by Gasteiger charge is -2.21. The van der Waals surface area contributed by atoms with Gasteiger partial charge in [0.2, 0.25) is 5.91 Å². The molecule has 0 spiro atoms. The van der Waals surface area contributed by atoms with Crippen molar-refractivity contribution in [3.63, 3.8) is 0 Å². The Kier molecular flexibility index (Phi) is 3.71. The number of sulfonamides is 1. The summed E-state index contributed by atoms with van der Waals surface area (Å²) in [6, 6.07) is 11.5. The topological polar surface area (TPSA) is 59.4 Å². The zero-order chi connectivity index (χ0) is 13.9. The molecule has 2 aromatic rings. The van der Waals surface area contributed by atoms with Crippen molar-refractivity contribution in [2.24, 2.45) is 0 Å². The van der Waals surface area contributed by atoms with Crippen LogP contribution in [0, 0.1) is 0 Å². The van der Waals surface area contributed by atoms with Gasteiger partial charge in [-0.15, -0.1) is 0 Å². The van der Waals surface area contributed by atoms with Gasteiger partial charge < -0.3 is 4.57 Å². The predicted molar refractivity (Wildman–Crippen MR) is 70.6 cm³/mol. The summed E-state index contributed by atoms with van der Waals surface area (Å²) in [5.41, 5.74) is 0. The minimum Gasteiger partial charge on any atom is -0.335 e. The molecule has 0 aliphatic rings. The fourth-order valence-electron chi connectivity index (χ4n) is 1.68. The van der Waals surface area contributed by atoms with E-state index >= 15 is 0 Å². The molecule has 2 rings (SSSR count). The molecule has 1 aromatic carbocycles. The maximum Gasteiger partial charge on any atom is 0.268 e. The van der Waals surface area contributed by atoms with E-state index in [0.717, 1.165) is 4.31 Å². The first kappa shape index (κ1) is 13.4. The largest absolute Gasteiger partial charge is 0.335 e. The van der Waals surface area contributed by atoms with Crippen LogP contribution < -0.4 is 0 Å². The summed E-state index contributed by atoms with van der Waals surface area (Å²) in [7, 11) is -3.81. The minimum atomic E-state index is -3.81. The summed E-state index contributed by atoms with van der Waals surface area (Å²) in [5, 5.41) is 0. The average molecular weight is 278 g/mol. The first-order valence-electron chi connectivity index (χ1n) is 5.71. The third kappa shape index (κ3) is 2.85. The molecule has 0 radical (unpaired) electrons. The number of hydrogen-bond acceptors (Lipinski definition) is 3. The van der Waals surface area contributed by atoms with Crippen LogP contribution in [0.3, 0.4) is 0 Å². The number of hydrogen-bond donors (Lipinski definition) is 0. The summed E-state index contributed by atoms with van der Waals surface area (Å²) in [5.74, 6) is -0.516. The van der Waals surface area contributed by atoms with Gasteiger partial charge in [-0.2, -0.15) is 0 Å². The Balaban J connectivity index is 2.37. The SMILES string of the molecule is CC(=O)N(Cn1cccc1)S(=O)(=O)c1ccccc1. The second-order valence-corrected chi connectivity index (χ2v) is 5.89. The van der Waals surface area contributed by atoms with E-state index in [1.54, 1.807) is 47.3 Å². The fraction of sp³-hybridized carbons (Fsp3) is 0.154. The Morgan fingerprint density at radius 3 is 2.21 bits per heavy atom. The van der Waals surface area contributed by atoms with E-state index in [1.807, 2.05) is 0 Å². The number of amides is 1. The second kappa shape index (κ2) is 5.27. The van der Waals surface area contributed by atoms with Crippen molar-refractivity contribution in [3.8, 4) is 0 Å². The maximum absolute atomic E-state index is 12.4. The van der Waals surface area contributed by atoms with Crippen molar-refractivity contribution in [2.45, 2.75) is 18.5 Å². The summed E-state index contributed by atoms with van der Waals surface area (Å²) < 4.78 is 27.3. The molecule has 0 atom stereocenters. The zero-order valence-electron chi connectivity index (χ0n) is 10.4. The number of aromatic nitrogens is 1. The number of rotatable bonds is 4. The van der Waals surface area contributed by atoms with Gasteiger partial charge in [-0.05, 0) is 24.3 Å². The van der Waals surface area contributed by atoms with E-state index in [9.17, 15) is 13.2 Å². The van der Waals surface area contributed by atoms with E-state index in [0.29, 0.717) is 0 Å². The van der Waals surface area contributed by atoms with Crippen LogP contribution in [0.15, 0.2) is 59.8 Å². The van der Waals surface area contributed by atoms with E-state index in [2.05, 4.69) is 0 Å². The van der Waals surface area contributed by atoms with Crippen LogP contribution in [0.2, 0.25) is 0 Å². The summed E-state index contributed by atoms with van der Waals surface area (Å²) >= 11 is 0. The molecule has 5 nitrogen and oxygen atoms in total. The lowest BCUT2D eigenvalue weighted by molar-refractivity contribution is -0.125. The smallest absolute Gasteiger partial charge is 0.268 e. The molecule has 0 saturated heterocycles. The maximum atomic E-state index is 12.4. The van der Waals surface area contributed by atoms with Gasteiger partial charge in [-0.25, -0.2) is 12.7 Å². The van der Waals surface area contributed by atoms with E-state index < -0.39 is 15.9 Å². The standard InChI is InChI=1S/C13H14N2O3S/c1-12(16)15(11-14-9-5-6-10-14)19(17,18)13-7-3-2-4-8-13/h2-10H,11H2,1H3. The third-order valence-electron chi connectivity index (χ3n) is 2.64. The highest BCUT2D eigenvalue weighted by Gasteiger charge is 2.26. The second-order valence-electron chi connectivity index (χ2n) is 4.02. The lowest BCUT2D eigenvalue weighted by Crippen LogP contribution is -2.36. The molecular formula is C13H14N2O3S. The van der Waals surface area contributed by atoms with Gasteiger partial charge in [0.15, 0.2) is 0 Å². The van der Waals surface area contributed by atoms with Gasteiger partial charge in [0, 0.05) is 19.3 Å². The number of carbonyl (C=O) groups is 1. The van der Waals surface area contributed by atoms with Crippen LogP contribution in [-0.2, 0) is 21.5 Å². The lowest BCUT2D eigenvalue weighted by atomic mass is 10.4. The van der Waals surface area contributed by atoms with Gasteiger partial charge in [-0.1, -0.05) is 18.2 Å². The van der Waals surface area contributed by atoms with Crippen LogP contribution >= 0.6 is 0 Å². The highest BCUT2D eigenvalue weighted by molar-refractivity contribution is 7.89. The Morgan fingerprint density at radius 1 is 1.11 bits per heavy atom. The molecule has 100 valence electrons. The first-order valence-corrected chi connectivity index (χ1v) is 7.15. The van der Waals surface area contributed by atoms with Gasteiger partial charge in [0.25, 0.3) is 10.0 Å². The molecule has 19 heavy (non-hydrogen) atoms. The fourth-order valence-corrected chi connectivity index (χ4v) is 3.06. The first-order chi connectivity index (χ1) is 9.01. The Bertz CT molecular complexity index is 648. The molecule has 1 aromatic heterocycles. The summed E-state index contributed by atoms with van der Waals surface area (Å²) in [4.78, 5) is 11.7. The highest BCUT2D eigenvalue weighted by atomic mass is 32.2. The average Bonchev–Trinajstić information content (AvgIpc) is 2.89. The predicted octanol–water partition coefficient (Wildman–Crippen LogP) is 1.68. The number of benzene rings is 1. The van der Waals surface area contributed by atoms with E-state index in [1.165, 1.54) is 19.1 Å².